The minimum atomic E-state index is -4.61. The van der Waals surface area contributed by atoms with E-state index < -0.39 is 17.8 Å². The van der Waals surface area contributed by atoms with E-state index in [0.29, 0.717) is 19.5 Å². The monoisotopic (exact) mass is 335 g/mol. The minimum Gasteiger partial charge on any atom is -0.379 e. The topological polar surface area (TPSA) is 23.5 Å². The van der Waals surface area contributed by atoms with Gasteiger partial charge in [0.05, 0.1) is 0 Å². The standard InChI is InChI=1S/C19H20F3NO/c20-19(21,22)18(24)12-11-17(18)23(13-15-7-3-1-4-8-15)14-16-9-5-2-6-10-16/h1-10,17,24H,11-14H2/t17?,18-/m1/s1. The molecule has 0 aliphatic heterocycles. The molecule has 1 saturated carbocycles. The second-order valence-corrected chi connectivity index (χ2v) is 6.35. The maximum atomic E-state index is 13.3. The van der Waals surface area contributed by atoms with E-state index in [4.69, 9.17) is 0 Å². The second kappa shape index (κ2) is 6.57. The van der Waals surface area contributed by atoms with Gasteiger partial charge in [0, 0.05) is 19.1 Å². The first-order valence-corrected chi connectivity index (χ1v) is 8.01. The van der Waals surface area contributed by atoms with Crippen molar-refractivity contribution < 1.29 is 18.3 Å². The molecule has 1 fully saturated rings. The van der Waals surface area contributed by atoms with Crippen molar-refractivity contribution in [2.45, 2.75) is 43.8 Å². The molecule has 0 aromatic heterocycles. The van der Waals surface area contributed by atoms with Gasteiger partial charge in [-0.25, -0.2) is 0 Å². The summed E-state index contributed by atoms with van der Waals surface area (Å²) in [6.45, 7) is 0.748. The van der Waals surface area contributed by atoms with Gasteiger partial charge in [0.2, 0.25) is 0 Å². The highest BCUT2D eigenvalue weighted by atomic mass is 19.4. The summed E-state index contributed by atoms with van der Waals surface area (Å²) in [4.78, 5) is 1.74. The van der Waals surface area contributed by atoms with Gasteiger partial charge in [-0.05, 0) is 24.0 Å². The number of aliphatic hydroxyl groups is 1. The van der Waals surface area contributed by atoms with E-state index in [0.717, 1.165) is 11.1 Å². The highest BCUT2D eigenvalue weighted by Gasteiger charge is 2.64. The molecule has 24 heavy (non-hydrogen) atoms. The van der Waals surface area contributed by atoms with Crippen LogP contribution >= 0.6 is 0 Å². The first-order valence-electron chi connectivity index (χ1n) is 8.01. The number of hydrogen-bond donors (Lipinski definition) is 1. The number of nitrogens with zero attached hydrogens (tertiary/aromatic N) is 1. The maximum absolute atomic E-state index is 13.3. The van der Waals surface area contributed by atoms with Crippen molar-refractivity contribution >= 4 is 0 Å². The molecule has 2 aromatic rings. The summed E-state index contributed by atoms with van der Waals surface area (Å²) >= 11 is 0. The Balaban J connectivity index is 1.85. The number of rotatable bonds is 5. The van der Waals surface area contributed by atoms with Gasteiger partial charge >= 0.3 is 6.18 Å². The van der Waals surface area contributed by atoms with Gasteiger partial charge in [-0.15, -0.1) is 0 Å². The van der Waals surface area contributed by atoms with Crippen molar-refractivity contribution in [3.63, 3.8) is 0 Å². The van der Waals surface area contributed by atoms with E-state index >= 15 is 0 Å². The Kier molecular flexibility index (Phi) is 4.65. The van der Waals surface area contributed by atoms with Crippen LogP contribution in [0.5, 0.6) is 0 Å². The summed E-state index contributed by atoms with van der Waals surface area (Å²) < 4.78 is 39.9. The predicted molar refractivity (Wildman–Crippen MR) is 86.2 cm³/mol. The van der Waals surface area contributed by atoms with Gasteiger partial charge in [0.15, 0.2) is 5.60 Å². The van der Waals surface area contributed by atoms with Crippen LogP contribution in [-0.2, 0) is 13.1 Å². The second-order valence-electron chi connectivity index (χ2n) is 6.35. The largest absolute Gasteiger partial charge is 0.418 e. The van der Waals surface area contributed by atoms with Crippen LogP contribution in [0.4, 0.5) is 13.2 Å². The number of halogens is 3. The molecule has 0 radical (unpaired) electrons. The molecular formula is C19H20F3NO. The van der Waals surface area contributed by atoms with E-state index in [1.807, 2.05) is 60.7 Å². The Labute approximate surface area is 139 Å². The fourth-order valence-corrected chi connectivity index (χ4v) is 3.27. The minimum absolute atomic E-state index is 0.235. The molecule has 0 saturated heterocycles. The summed E-state index contributed by atoms with van der Waals surface area (Å²) in [5, 5.41) is 10.2. The Hall–Kier alpha value is -1.85. The highest BCUT2D eigenvalue weighted by molar-refractivity contribution is 5.19. The molecule has 0 bridgehead atoms. The Morgan fingerprint density at radius 1 is 0.917 bits per heavy atom. The lowest BCUT2D eigenvalue weighted by Gasteiger charge is -2.51. The SMILES string of the molecule is O[C@]1(C(F)(F)F)CCC1N(Cc1ccccc1)Cc1ccccc1. The van der Waals surface area contributed by atoms with Crippen LogP contribution in [0.15, 0.2) is 60.7 Å². The molecule has 3 rings (SSSR count). The molecule has 1 aliphatic rings. The first kappa shape index (κ1) is 17.0. The van der Waals surface area contributed by atoms with Crippen LogP contribution in [0.2, 0.25) is 0 Å². The van der Waals surface area contributed by atoms with Crippen LogP contribution in [-0.4, -0.2) is 27.8 Å². The van der Waals surface area contributed by atoms with Crippen molar-refractivity contribution in [1.82, 2.24) is 4.90 Å². The maximum Gasteiger partial charge on any atom is 0.418 e. The Morgan fingerprint density at radius 2 is 1.38 bits per heavy atom. The average Bonchev–Trinajstić information content (AvgIpc) is 2.54. The fraction of sp³-hybridized carbons (Fsp3) is 0.368. The zero-order valence-electron chi connectivity index (χ0n) is 13.2. The molecule has 5 heteroatoms. The zero-order chi connectivity index (χ0) is 17.2. The lowest BCUT2D eigenvalue weighted by atomic mass is 9.73. The van der Waals surface area contributed by atoms with Crippen molar-refractivity contribution in [2.24, 2.45) is 0 Å². The van der Waals surface area contributed by atoms with Crippen LogP contribution in [0, 0.1) is 0 Å². The van der Waals surface area contributed by atoms with E-state index in [2.05, 4.69) is 0 Å². The molecule has 1 N–H and O–H groups in total. The van der Waals surface area contributed by atoms with Crippen LogP contribution in [0.1, 0.15) is 24.0 Å². The lowest BCUT2D eigenvalue weighted by molar-refractivity contribution is -0.312. The smallest absolute Gasteiger partial charge is 0.379 e. The van der Waals surface area contributed by atoms with Gasteiger partial charge < -0.3 is 5.11 Å². The predicted octanol–water partition coefficient (Wildman–Crippen LogP) is 4.14. The average molecular weight is 335 g/mol. The van der Waals surface area contributed by atoms with Crippen molar-refractivity contribution in [3.8, 4) is 0 Å². The van der Waals surface area contributed by atoms with E-state index in [9.17, 15) is 18.3 Å². The summed E-state index contributed by atoms with van der Waals surface area (Å²) in [6, 6.07) is 17.9. The normalized spacial score (nSPS) is 24.0. The lowest BCUT2D eigenvalue weighted by Crippen LogP contribution is -2.67. The third kappa shape index (κ3) is 3.32. The molecule has 2 nitrogen and oxygen atoms in total. The third-order valence-electron chi connectivity index (χ3n) is 4.74. The summed E-state index contributed by atoms with van der Waals surface area (Å²) in [7, 11) is 0. The Bertz CT molecular complexity index is 618. The number of alkyl halides is 3. The molecule has 1 aliphatic carbocycles. The Morgan fingerprint density at radius 3 is 1.71 bits per heavy atom. The molecule has 128 valence electrons. The molecule has 0 amide bonds. The quantitative estimate of drug-likeness (QED) is 0.887. The van der Waals surface area contributed by atoms with Gasteiger partial charge in [0.1, 0.15) is 0 Å². The van der Waals surface area contributed by atoms with Crippen LogP contribution < -0.4 is 0 Å². The highest BCUT2D eigenvalue weighted by Crippen LogP contribution is 2.48. The summed E-state index contributed by atoms with van der Waals surface area (Å²) in [6.07, 6.45) is -4.50. The number of hydrogen-bond acceptors (Lipinski definition) is 2. The van der Waals surface area contributed by atoms with Gasteiger partial charge in [-0.1, -0.05) is 60.7 Å². The van der Waals surface area contributed by atoms with E-state index in [1.165, 1.54) is 0 Å². The summed E-state index contributed by atoms with van der Waals surface area (Å²) in [5.41, 5.74) is -0.744. The molecule has 0 spiro atoms. The fourth-order valence-electron chi connectivity index (χ4n) is 3.27. The van der Waals surface area contributed by atoms with Crippen LogP contribution in [0.25, 0.3) is 0 Å². The van der Waals surface area contributed by atoms with E-state index in [1.54, 1.807) is 4.90 Å². The zero-order valence-corrected chi connectivity index (χ0v) is 13.2. The molecular weight excluding hydrogens is 315 g/mol. The van der Waals surface area contributed by atoms with E-state index in [-0.39, 0.29) is 6.42 Å². The molecule has 0 heterocycles. The molecule has 2 atom stereocenters. The van der Waals surface area contributed by atoms with Gasteiger partial charge in [0.25, 0.3) is 0 Å². The van der Waals surface area contributed by atoms with Crippen molar-refractivity contribution in [2.75, 3.05) is 0 Å². The molecule has 2 aromatic carbocycles. The summed E-state index contributed by atoms with van der Waals surface area (Å²) in [5.74, 6) is 0. The van der Waals surface area contributed by atoms with Crippen LogP contribution in [0.3, 0.4) is 0 Å². The first-order chi connectivity index (χ1) is 11.4. The third-order valence-corrected chi connectivity index (χ3v) is 4.74. The number of benzene rings is 2. The van der Waals surface area contributed by atoms with Gasteiger partial charge in [-0.2, -0.15) is 13.2 Å². The van der Waals surface area contributed by atoms with Crippen molar-refractivity contribution in [3.05, 3.63) is 71.8 Å². The molecule has 1 unspecified atom stereocenters. The van der Waals surface area contributed by atoms with Gasteiger partial charge in [-0.3, -0.25) is 4.90 Å². The van der Waals surface area contributed by atoms with Crippen molar-refractivity contribution in [1.29, 1.82) is 0 Å².